The Morgan fingerprint density at radius 3 is 2.74 bits per heavy atom. The van der Waals surface area contributed by atoms with Crippen LogP contribution in [0.3, 0.4) is 0 Å². The topological polar surface area (TPSA) is 42.4 Å². The van der Waals surface area contributed by atoms with Gasteiger partial charge in [-0.1, -0.05) is 12.8 Å². The van der Waals surface area contributed by atoms with Gasteiger partial charge in [0.1, 0.15) is 11.4 Å². The maximum atomic E-state index is 12.1. The zero-order chi connectivity index (χ0) is 13.8. The Bertz CT molecular complexity index is 440. The predicted molar refractivity (Wildman–Crippen MR) is 75.4 cm³/mol. The summed E-state index contributed by atoms with van der Waals surface area (Å²) in [6.45, 7) is 3.71. The molecule has 1 heterocycles. The molecule has 0 atom stereocenters. The number of carbonyl (C=O) groups excluding carboxylic acids is 1. The number of carbonyl (C=O) groups is 1. The van der Waals surface area contributed by atoms with Crippen LogP contribution >= 0.6 is 0 Å². The lowest BCUT2D eigenvalue weighted by atomic mass is 10.2. The second-order valence-corrected chi connectivity index (χ2v) is 5.38. The summed E-state index contributed by atoms with van der Waals surface area (Å²) in [5.74, 6) is 0.447. The SMILES string of the molecule is CC(C)OC(=O)c1cccnc1N(C)C1CCCC1. The van der Waals surface area contributed by atoms with E-state index in [2.05, 4.69) is 9.88 Å². The predicted octanol–water partition coefficient (Wildman–Crippen LogP) is 3.03. The fourth-order valence-electron chi connectivity index (χ4n) is 2.58. The van der Waals surface area contributed by atoms with Gasteiger partial charge in [0.25, 0.3) is 0 Å². The van der Waals surface area contributed by atoms with Gasteiger partial charge in [-0.15, -0.1) is 0 Å². The van der Waals surface area contributed by atoms with Gasteiger partial charge in [-0.3, -0.25) is 0 Å². The van der Waals surface area contributed by atoms with Crippen molar-refractivity contribution in [3.63, 3.8) is 0 Å². The second-order valence-electron chi connectivity index (χ2n) is 5.38. The highest BCUT2D eigenvalue weighted by atomic mass is 16.5. The van der Waals surface area contributed by atoms with Crippen LogP contribution in [0.15, 0.2) is 18.3 Å². The van der Waals surface area contributed by atoms with E-state index in [0.717, 1.165) is 5.82 Å². The monoisotopic (exact) mass is 262 g/mol. The molecule has 1 aliphatic carbocycles. The molecule has 1 aromatic rings. The van der Waals surface area contributed by atoms with E-state index in [4.69, 9.17) is 4.74 Å². The summed E-state index contributed by atoms with van der Waals surface area (Å²) in [5.41, 5.74) is 0.561. The van der Waals surface area contributed by atoms with Crippen molar-refractivity contribution in [2.45, 2.75) is 51.7 Å². The molecule has 1 aromatic heterocycles. The minimum Gasteiger partial charge on any atom is -0.459 e. The molecule has 0 aliphatic heterocycles. The van der Waals surface area contributed by atoms with Gasteiger partial charge in [0.2, 0.25) is 0 Å². The van der Waals surface area contributed by atoms with Crippen LogP contribution in [0.4, 0.5) is 5.82 Å². The zero-order valence-corrected chi connectivity index (χ0v) is 11.9. The summed E-state index contributed by atoms with van der Waals surface area (Å²) in [6, 6.07) is 4.06. The number of nitrogens with zero attached hydrogens (tertiary/aromatic N) is 2. The Morgan fingerprint density at radius 2 is 2.11 bits per heavy atom. The van der Waals surface area contributed by atoms with Gasteiger partial charge in [0.05, 0.1) is 6.10 Å². The van der Waals surface area contributed by atoms with E-state index in [-0.39, 0.29) is 12.1 Å². The average molecular weight is 262 g/mol. The zero-order valence-electron chi connectivity index (χ0n) is 11.9. The number of hydrogen-bond donors (Lipinski definition) is 0. The van der Waals surface area contributed by atoms with Crippen LogP contribution in [0.2, 0.25) is 0 Å². The Balaban J connectivity index is 2.22. The molecular weight excluding hydrogens is 240 g/mol. The lowest BCUT2D eigenvalue weighted by Crippen LogP contribution is -2.31. The summed E-state index contributed by atoms with van der Waals surface area (Å²) in [7, 11) is 2.02. The van der Waals surface area contributed by atoms with Crippen LogP contribution in [0.25, 0.3) is 0 Å². The maximum Gasteiger partial charge on any atom is 0.342 e. The Labute approximate surface area is 114 Å². The van der Waals surface area contributed by atoms with Crippen molar-refractivity contribution in [3.8, 4) is 0 Å². The van der Waals surface area contributed by atoms with E-state index >= 15 is 0 Å². The summed E-state index contributed by atoms with van der Waals surface area (Å²) < 4.78 is 5.28. The molecule has 19 heavy (non-hydrogen) atoms. The summed E-state index contributed by atoms with van der Waals surface area (Å²) in [6.07, 6.45) is 6.48. The first kappa shape index (κ1) is 13.8. The number of anilines is 1. The van der Waals surface area contributed by atoms with Gasteiger partial charge in [0, 0.05) is 19.3 Å². The Hall–Kier alpha value is -1.58. The number of ether oxygens (including phenoxy) is 1. The highest BCUT2D eigenvalue weighted by molar-refractivity contribution is 5.94. The molecule has 4 nitrogen and oxygen atoms in total. The van der Waals surface area contributed by atoms with E-state index in [0.29, 0.717) is 11.6 Å². The normalized spacial score (nSPS) is 15.8. The first-order valence-electron chi connectivity index (χ1n) is 6.98. The molecule has 0 spiro atoms. The largest absolute Gasteiger partial charge is 0.459 e. The van der Waals surface area contributed by atoms with Crippen LogP contribution in [-0.2, 0) is 4.74 Å². The van der Waals surface area contributed by atoms with Gasteiger partial charge < -0.3 is 9.64 Å². The molecule has 0 aromatic carbocycles. The molecule has 0 amide bonds. The molecule has 104 valence electrons. The molecular formula is C15H22N2O2. The lowest BCUT2D eigenvalue weighted by molar-refractivity contribution is 0.0378. The van der Waals surface area contributed by atoms with Crippen molar-refractivity contribution >= 4 is 11.8 Å². The van der Waals surface area contributed by atoms with Crippen molar-refractivity contribution in [1.82, 2.24) is 4.98 Å². The first-order valence-corrected chi connectivity index (χ1v) is 6.98. The van der Waals surface area contributed by atoms with Crippen LogP contribution in [-0.4, -0.2) is 30.1 Å². The lowest BCUT2D eigenvalue weighted by Gasteiger charge is -2.27. The van der Waals surface area contributed by atoms with Crippen LogP contribution < -0.4 is 4.90 Å². The molecule has 0 bridgehead atoms. The van der Waals surface area contributed by atoms with Crippen LogP contribution in [0.5, 0.6) is 0 Å². The maximum absolute atomic E-state index is 12.1. The molecule has 4 heteroatoms. The summed E-state index contributed by atoms with van der Waals surface area (Å²) >= 11 is 0. The van der Waals surface area contributed by atoms with Crippen LogP contribution in [0.1, 0.15) is 49.9 Å². The number of esters is 1. The third-order valence-corrected chi connectivity index (χ3v) is 3.56. The highest BCUT2D eigenvalue weighted by Crippen LogP contribution is 2.28. The van der Waals surface area contributed by atoms with Crippen molar-refractivity contribution in [3.05, 3.63) is 23.9 Å². The average Bonchev–Trinajstić information content (AvgIpc) is 2.91. The number of hydrogen-bond acceptors (Lipinski definition) is 4. The van der Waals surface area contributed by atoms with Gasteiger partial charge in [-0.05, 0) is 38.8 Å². The van der Waals surface area contributed by atoms with Gasteiger partial charge in [-0.25, -0.2) is 9.78 Å². The minimum atomic E-state index is -0.289. The molecule has 1 saturated carbocycles. The van der Waals surface area contributed by atoms with E-state index in [1.807, 2.05) is 20.9 Å². The van der Waals surface area contributed by atoms with Crippen molar-refractivity contribution < 1.29 is 9.53 Å². The van der Waals surface area contributed by atoms with Crippen molar-refractivity contribution in [1.29, 1.82) is 0 Å². The summed E-state index contributed by atoms with van der Waals surface area (Å²) in [4.78, 5) is 18.6. The van der Waals surface area contributed by atoms with E-state index in [1.54, 1.807) is 18.3 Å². The van der Waals surface area contributed by atoms with Crippen molar-refractivity contribution in [2.24, 2.45) is 0 Å². The van der Waals surface area contributed by atoms with Gasteiger partial charge in [0.15, 0.2) is 0 Å². The number of aromatic nitrogens is 1. The van der Waals surface area contributed by atoms with E-state index in [1.165, 1.54) is 25.7 Å². The molecule has 1 fully saturated rings. The third kappa shape index (κ3) is 3.25. The molecule has 0 unspecified atom stereocenters. The standard InChI is InChI=1S/C15H22N2O2/c1-11(2)19-15(18)13-9-6-10-16-14(13)17(3)12-7-4-5-8-12/h6,9-12H,4-5,7-8H2,1-3H3. The fraction of sp³-hybridized carbons (Fsp3) is 0.600. The molecule has 1 aliphatic rings. The van der Waals surface area contributed by atoms with Gasteiger partial charge in [-0.2, -0.15) is 0 Å². The first-order chi connectivity index (χ1) is 9.09. The van der Waals surface area contributed by atoms with E-state index in [9.17, 15) is 4.79 Å². The highest BCUT2D eigenvalue weighted by Gasteiger charge is 2.25. The van der Waals surface area contributed by atoms with Crippen LogP contribution in [0, 0.1) is 0 Å². The molecule has 2 rings (SSSR count). The van der Waals surface area contributed by atoms with E-state index < -0.39 is 0 Å². The summed E-state index contributed by atoms with van der Waals surface area (Å²) in [5, 5.41) is 0. The molecule has 0 saturated heterocycles. The second kappa shape index (κ2) is 6.04. The number of rotatable bonds is 4. The Kier molecular flexibility index (Phi) is 4.40. The molecule has 0 radical (unpaired) electrons. The molecule has 0 N–H and O–H groups in total. The minimum absolute atomic E-state index is 0.114. The van der Waals surface area contributed by atoms with Gasteiger partial charge >= 0.3 is 5.97 Å². The fourth-order valence-corrected chi connectivity index (χ4v) is 2.58. The smallest absolute Gasteiger partial charge is 0.342 e. The quantitative estimate of drug-likeness (QED) is 0.782. The number of pyridine rings is 1. The third-order valence-electron chi connectivity index (χ3n) is 3.56. The van der Waals surface area contributed by atoms with Crippen molar-refractivity contribution in [2.75, 3.05) is 11.9 Å². The Morgan fingerprint density at radius 1 is 1.42 bits per heavy atom.